The Morgan fingerprint density at radius 3 is 2.41 bits per heavy atom. The van der Waals surface area contributed by atoms with Crippen molar-refractivity contribution in [3.63, 3.8) is 0 Å². The zero-order chi connectivity index (χ0) is 12.9. The van der Waals surface area contributed by atoms with Crippen LogP contribution >= 0.6 is 0 Å². The molecule has 102 valence electrons. The SMILES string of the molecule is CCC(C)(CCC1CCCO1)CNC(C)(C)C. The van der Waals surface area contributed by atoms with E-state index in [4.69, 9.17) is 4.74 Å². The maximum Gasteiger partial charge on any atom is 0.0576 e. The first-order valence-corrected chi connectivity index (χ1v) is 7.21. The molecular weight excluding hydrogens is 210 g/mol. The quantitative estimate of drug-likeness (QED) is 0.764. The van der Waals surface area contributed by atoms with Gasteiger partial charge in [0.05, 0.1) is 6.10 Å². The lowest BCUT2D eigenvalue weighted by atomic mass is 9.81. The molecule has 0 aromatic rings. The van der Waals surface area contributed by atoms with Crippen LogP contribution in [-0.2, 0) is 4.74 Å². The van der Waals surface area contributed by atoms with Crippen molar-refractivity contribution in [2.45, 2.75) is 78.4 Å². The Balaban J connectivity index is 2.33. The number of ether oxygens (including phenoxy) is 1. The maximum atomic E-state index is 5.72. The summed E-state index contributed by atoms with van der Waals surface area (Å²) >= 11 is 0. The molecule has 2 atom stereocenters. The summed E-state index contributed by atoms with van der Waals surface area (Å²) in [6.07, 6.45) is 6.81. The summed E-state index contributed by atoms with van der Waals surface area (Å²) in [5, 5.41) is 3.65. The third kappa shape index (κ3) is 5.87. The van der Waals surface area contributed by atoms with Crippen LogP contribution in [0.3, 0.4) is 0 Å². The summed E-state index contributed by atoms with van der Waals surface area (Å²) in [6, 6.07) is 0. The lowest BCUT2D eigenvalue weighted by Crippen LogP contribution is -2.43. The molecule has 0 amide bonds. The van der Waals surface area contributed by atoms with Crippen LogP contribution in [0.4, 0.5) is 0 Å². The smallest absolute Gasteiger partial charge is 0.0576 e. The summed E-state index contributed by atoms with van der Waals surface area (Å²) < 4.78 is 5.72. The van der Waals surface area contributed by atoms with Crippen molar-refractivity contribution in [2.24, 2.45) is 5.41 Å². The normalized spacial score (nSPS) is 24.9. The number of rotatable bonds is 6. The molecule has 2 heteroatoms. The Morgan fingerprint density at radius 1 is 1.24 bits per heavy atom. The minimum absolute atomic E-state index is 0.223. The summed E-state index contributed by atoms with van der Waals surface area (Å²) in [5.41, 5.74) is 0.638. The molecule has 1 aliphatic rings. The topological polar surface area (TPSA) is 21.3 Å². The van der Waals surface area contributed by atoms with E-state index in [0.717, 1.165) is 13.2 Å². The van der Waals surface area contributed by atoms with Gasteiger partial charge in [-0.25, -0.2) is 0 Å². The van der Waals surface area contributed by atoms with Crippen molar-refractivity contribution >= 4 is 0 Å². The van der Waals surface area contributed by atoms with Gasteiger partial charge in [-0.15, -0.1) is 0 Å². The summed E-state index contributed by atoms with van der Waals surface area (Å²) in [4.78, 5) is 0. The first kappa shape index (κ1) is 15.0. The molecule has 17 heavy (non-hydrogen) atoms. The largest absolute Gasteiger partial charge is 0.378 e. The minimum Gasteiger partial charge on any atom is -0.378 e. The van der Waals surface area contributed by atoms with Crippen LogP contribution in [0.5, 0.6) is 0 Å². The van der Waals surface area contributed by atoms with Crippen molar-refractivity contribution < 1.29 is 4.74 Å². The van der Waals surface area contributed by atoms with E-state index < -0.39 is 0 Å². The second-order valence-electron chi connectivity index (χ2n) is 6.94. The molecule has 1 fully saturated rings. The predicted molar refractivity (Wildman–Crippen MR) is 74.4 cm³/mol. The molecule has 1 saturated heterocycles. The average Bonchev–Trinajstić information content (AvgIpc) is 2.76. The minimum atomic E-state index is 0.223. The molecule has 0 saturated carbocycles. The third-order valence-corrected chi connectivity index (χ3v) is 3.99. The molecule has 0 aromatic carbocycles. The van der Waals surface area contributed by atoms with E-state index in [1.807, 2.05) is 0 Å². The molecule has 1 N–H and O–H groups in total. The Bertz CT molecular complexity index is 215. The molecule has 2 unspecified atom stereocenters. The molecule has 0 spiro atoms. The van der Waals surface area contributed by atoms with Crippen molar-refractivity contribution in [3.8, 4) is 0 Å². The fourth-order valence-corrected chi connectivity index (χ4v) is 2.25. The zero-order valence-corrected chi connectivity index (χ0v) is 12.4. The van der Waals surface area contributed by atoms with Crippen molar-refractivity contribution in [1.82, 2.24) is 5.32 Å². The molecule has 0 bridgehead atoms. The first-order chi connectivity index (χ1) is 7.85. The van der Waals surface area contributed by atoms with Gasteiger partial charge >= 0.3 is 0 Å². The fourth-order valence-electron chi connectivity index (χ4n) is 2.25. The van der Waals surface area contributed by atoms with E-state index in [-0.39, 0.29) is 5.54 Å². The van der Waals surface area contributed by atoms with Gasteiger partial charge in [-0.05, 0) is 58.3 Å². The van der Waals surface area contributed by atoms with E-state index in [0.29, 0.717) is 11.5 Å². The van der Waals surface area contributed by atoms with Gasteiger partial charge in [-0.3, -0.25) is 0 Å². The molecular formula is C15H31NO. The summed E-state index contributed by atoms with van der Waals surface area (Å²) in [6.45, 7) is 13.5. The van der Waals surface area contributed by atoms with Gasteiger partial charge in [0.25, 0.3) is 0 Å². The predicted octanol–water partition coefficient (Wildman–Crippen LogP) is 3.75. The van der Waals surface area contributed by atoms with Gasteiger partial charge in [-0.1, -0.05) is 13.8 Å². The Morgan fingerprint density at radius 2 is 1.94 bits per heavy atom. The van der Waals surface area contributed by atoms with E-state index >= 15 is 0 Å². The molecule has 0 radical (unpaired) electrons. The van der Waals surface area contributed by atoms with Crippen LogP contribution in [0.25, 0.3) is 0 Å². The fraction of sp³-hybridized carbons (Fsp3) is 1.00. The highest BCUT2D eigenvalue weighted by molar-refractivity contribution is 4.82. The van der Waals surface area contributed by atoms with Crippen molar-refractivity contribution in [3.05, 3.63) is 0 Å². The van der Waals surface area contributed by atoms with Gasteiger partial charge in [0.1, 0.15) is 0 Å². The lowest BCUT2D eigenvalue weighted by molar-refractivity contribution is 0.0874. The third-order valence-electron chi connectivity index (χ3n) is 3.99. The van der Waals surface area contributed by atoms with Crippen LogP contribution in [-0.4, -0.2) is 24.8 Å². The highest BCUT2D eigenvalue weighted by Crippen LogP contribution is 2.30. The molecule has 2 nitrogen and oxygen atoms in total. The summed E-state index contributed by atoms with van der Waals surface area (Å²) in [7, 11) is 0. The molecule has 1 heterocycles. The van der Waals surface area contributed by atoms with Crippen LogP contribution in [0.1, 0.15) is 66.7 Å². The Hall–Kier alpha value is -0.0800. The van der Waals surface area contributed by atoms with E-state index in [1.165, 1.54) is 32.1 Å². The number of nitrogens with one attached hydrogen (secondary N) is 1. The highest BCUT2D eigenvalue weighted by atomic mass is 16.5. The van der Waals surface area contributed by atoms with Crippen molar-refractivity contribution in [2.75, 3.05) is 13.2 Å². The maximum absolute atomic E-state index is 5.72. The molecule has 1 aliphatic heterocycles. The second-order valence-corrected chi connectivity index (χ2v) is 6.94. The molecule has 1 rings (SSSR count). The van der Waals surface area contributed by atoms with Gasteiger partial charge < -0.3 is 10.1 Å². The van der Waals surface area contributed by atoms with Gasteiger partial charge in [0, 0.05) is 18.7 Å². The van der Waals surface area contributed by atoms with Crippen LogP contribution in [0.2, 0.25) is 0 Å². The van der Waals surface area contributed by atoms with Gasteiger partial charge in [-0.2, -0.15) is 0 Å². The lowest BCUT2D eigenvalue weighted by Gasteiger charge is -2.33. The van der Waals surface area contributed by atoms with Crippen molar-refractivity contribution in [1.29, 1.82) is 0 Å². The van der Waals surface area contributed by atoms with Crippen LogP contribution in [0, 0.1) is 5.41 Å². The first-order valence-electron chi connectivity index (χ1n) is 7.21. The van der Waals surface area contributed by atoms with Gasteiger partial charge in [0.2, 0.25) is 0 Å². The summed E-state index contributed by atoms with van der Waals surface area (Å²) in [5.74, 6) is 0. The molecule has 0 aliphatic carbocycles. The second kappa shape index (κ2) is 6.19. The Kier molecular flexibility index (Phi) is 5.46. The van der Waals surface area contributed by atoms with Crippen LogP contribution in [0.15, 0.2) is 0 Å². The average molecular weight is 241 g/mol. The van der Waals surface area contributed by atoms with E-state index in [2.05, 4.69) is 39.9 Å². The van der Waals surface area contributed by atoms with E-state index in [1.54, 1.807) is 0 Å². The monoisotopic (exact) mass is 241 g/mol. The highest BCUT2D eigenvalue weighted by Gasteiger charge is 2.26. The number of hydrogen-bond acceptors (Lipinski definition) is 2. The van der Waals surface area contributed by atoms with Gasteiger partial charge in [0.15, 0.2) is 0 Å². The molecule has 0 aromatic heterocycles. The Labute approximate surface area is 108 Å². The standard InChI is InChI=1S/C15H31NO/c1-6-15(5,12-16-14(2,3)4)10-9-13-8-7-11-17-13/h13,16H,6-12H2,1-5H3. The zero-order valence-electron chi connectivity index (χ0n) is 12.4. The van der Waals surface area contributed by atoms with E-state index in [9.17, 15) is 0 Å². The van der Waals surface area contributed by atoms with Crippen LogP contribution < -0.4 is 5.32 Å². The number of hydrogen-bond donors (Lipinski definition) is 1.